The number of fused-ring (bicyclic) bond motifs is 2. The van der Waals surface area contributed by atoms with E-state index in [9.17, 15) is 0 Å². The molecule has 2 fully saturated rings. The summed E-state index contributed by atoms with van der Waals surface area (Å²) in [7, 11) is 0. The lowest BCUT2D eigenvalue weighted by Gasteiger charge is -2.41. The fourth-order valence-corrected chi connectivity index (χ4v) is 3.35. The van der Waals surface area contributed by atoms with E-state index in [0.717, 1.165) is 18.0 Å². The van der Waals surface area contributed by atoms with Gasteiger partial charge in [-0.3, -0.25) is 4.90 Å². The number of rotatable bonds is 5. The van der Waals surface area contributed by atoms with Crippen molar-refractivity contribution in [3.8, 4) is 0 Å². The van der Waals surface area contributed by atoms with Crippen molar-refractivity contribution in [2.75, 3.05) is 26.2 Å². The van der Waals surface area contributed by atoms with E-state index in [0.29, 0.717) is 0 Å². The first-order valence-corrected chi connectivity index (χ1v) is 7.18. The zero-order valence-corrected chi connectivity index (χ0v) is 11.3. The maximum absolute atomic E-state index is 2.81. The van der Waals surface area contributed by atoms with Crippen LogP contribution in [-0.4, -0.2) is 48.1 Å². The Morgan fingerprint density at radius 1 is 1.06 bits per heavy atom. The lowest BCUT2D eigenvalue weighted by molar-refractivity contribution is 0.0636. The van der Waals surface area contributed by atoms with Crippen LogP contribution in [0.4, 0.5) is 0 Å². The van der Waals surface area contributed by atoms with Crippen LogP contribution < -0.4 is 0 Å². The second-order valence-electron chi connectivity index (χ2n) is 6.06. The fraction of sp³-hybridized carbons (Fsp3) is 1.00. The standard InChI is InChI=1S/C14H28N2/c1-4-8-15-10-13-5-6-14(11-15)16(13)9-7-12(2)3/h12-14H,4-11H2,1-3H3. The first-order valence-electron chi connectivity index (χ1n) is 7.18. The summed E-state index contributed by atoms with van der Waals surface area (Å²) in [5, 5.41) is 0. The highest BCUT2D eigenvalue weighted by Gasteiger charge is 2.38. The maximum Gasteiger partial charge on any atom is 0.0227 e. The summed E-state index contributed by atoms with van der Waals surface area (Å²) in [6.07, 6.45) is 5.58. The minimum Gasteiger partial charge on any atom is -0.300 e. The van der Waals surface area contributed by atoms with E-state index in [-0.39, 0.29) is 0 Å². The molecular weight excluding hydrogens is 196 g/mol. The van der Waals surface area contributed by atoms with Gasteiger partial charge in [-0.2, -0.15) is 0 Å². The van der Waals surface area contributed by atoms with Crippen molar-refractivity contribution in [2.45, 2.75) is 58.5 Å². The second-order valence-corrected chi connectivity index (χ2v) is 6.06. The van der Waals surface area contributed by atoms with E-state index in [4.69, 9.17) is 0 Å². The Morgan fingerprint density at radius 2 is 1.69 bits per heavy atom. The van der Waals surface area contributed by atoms with Gasteiger partial charge in [-0.1, -0.05) is 20.8 Å². The van der Waals surface area contributed by atoms with Crippen LogP contribution in [0.15, 0.2) is 0 Å². The third kappa shape index (κ3) is 2.78. The highest BCUT2D eigenvalue weighted by Crippen LogP contribution is 2.30. The minimum atomic E-state index is 0.855. The Hall–Kier alpha value is -0.0800. The number of hydrogen-bond acceptors (Lipinski definition) is 2. The van der Waals surface area contributed by atoms with Gasteiger partial charge in [0.15, 0.2) is 0 Å². The van der Waals surface area contributed by atoms with Crippen molar-refractivity contribution >= 4 is 0 Å². The molecule has 2 saturated heterocycles. The molecule has 0 aromatic carbocycles. The molecule has 2 rings (SSSR count). The van der Waals surface area contributed by atoms with Crippen LogP contribution in [0, 0.1) is 5.92 Å². The molecule has 0 aromatic heterocycles. The highest BCUT2D eigenvalue weighted by molar-refractivity contribution is 4.95. The molecule has 0 saturated carbocycles. The zero-order chi connectivity index (χ0) is 11.5. The third-order valence-electron chi connectivity index (χ3n) is 4.21. The Balaban J connectivity index is 1.84. The Bertz CT molecular complexity index is 201. The SMILES string of the molecule is CCCN1CC2CCC(C1)N2CCC(C)C. The van der Waals surface area contributed by atoms with Gasteiger partial charge in [0.25, 0.3) is 0 Å². The van der Waals surface area contributed by atoms with Crippen molar-refractivity contribution in [2.24, 2.45) is 5.92 Å². The highest BCUT2D eigenvalue weighted by atomic mass is 15.3. The monoisotopic (exact) mass is 224 g/mol. The van der Waals surface area contributed by atoms with Gasteiger partial charge in [-0.15, -0.1) is 0 Å². The van der Waals surface area contributed by atoms with Crippen LogP contribution >= 0.6 is 0 Å². The first-order chi connectivity index (χ1) is 7.70. The van der Waals surface area contributed by atoms with Crippen LogP contribution in [0.5, 0.6) is 0 Å². The molecule has 0 aromatic rings. The quantitative estimate of drug-likeness (QED) is 0.708. The van der Waals surface area contributed by atoms with E-state index in [1.165, 1.54) is 51.9 Å². The average molecular weight is 224 g/mol. The molecule has 2 heterocycles. The molecule has 2 atom stereocenters. The fourth-order valence-electron chi connectivity index (χ4n) is 3.35. The molecule has 2 bridgehead atoms. The molecule has 2 heteroatoms. The van der Waals surface area contributed by atoms with Crippen molar-refractivity contribution in [3.05, 3.63) is 0 Å². The molecule has 2 aliphatic heterocycles. The molecule has 2 aliphatic rings. The molecule has 2 unspecified atom stereocenters. The van der Waals surface area contributed by atoms with Crippen LogP contribution in [0.25, 0.3) is 0 Å². The topological polar surface area (TPSA) is 6.48 Å². The third-order valence-corrected chi connectivity index (χ3v) is 4.21. The van der Waals surface area contributed by atoms with Crippen molar-refractivity contribution in [3.63, 3.8) is 0 Å². The summed E-state index contributed by atoms with van der Waals surface area (Å²) >= 11 is 0. The Morgan fingerprint density at radius 3 is 2.19 bits per heavy atom. The Labute approximate surface area is 101 Å². The zero-order valence-electron chi connectivity index (χ0n) is 11.3. The summed E-state index contributed by atoms with van der Waals surface area (Å²) in [5.41, 5.74) is 0. The van der Waals surface area contributed by atoms with Crippen LogP contribution in [0.3, 0.4) is 0 Å². The summed E-state index contributed by atoms with van der Waals surface area (Å²) in [6, 6.07) is 1.76. The summed E-state index contributed by atoms with van der Waals surface area (Å²) in [4.78, 5) is 5.50. The van der Waals surface area contributed by atoms with Gasteiger partial charge >= 0.3 is 0 Å². The maximum atomic E-state index is 2.81. The van der Waals surface area contributed by atoms with Crippen molar-refractivity contribution < 1.29 is 0 Å². The molecule has 94 valence electrons. The summed E-state index contributed by atoms with van der Waals surface area (Å²) in [5.74, 6) is 0.855. The van der Waals surface area contributed by atoms with Crippen LogP contribution in [0.1, 0.15) is 46.5 Å². The molecule has 0 amide bonds. The summed E-state index contributed by atoms with van der Waals surface area (Å²) in [6.45, 7) is 12.3. The lowest BCUT2D eigenvalue weighted by Crippen LogP contribution is -2.54. The predicted molar refractivity (Wildman–Crippen MR) is 69.7 cm³/mol. The smallest absolute Gasteiger partial charge is 0.0227 e. The van der Waals surface area contributed by atoms with Gasteiger partial charge in [0.05, 0.1) is 0 Å². The van der Waals surface area contributed by atoms with Gasteiger partial charge < -0.3 is 4.90 Å². The van der Waals surface area contributed by atoms with E-state index < -0.39 is 0 Å². The second kappa shape index (κ2) is 5.50. The number of likely N-dealkylation sites (tertiary alicyclic amines) is 1. The van der Waals surface area contributed by atoms with Crippen molar-refractivity contribution in [1.29, 1.82) is 0 Å². The molecule has 0 N–H and O–H groups in total. The lowest BCUT2D eigenvalue weighted by atomic mass is 10.1. The molecule has 0 spiro atoms. The van der Waals surface area contributed by atoms with Gasteiger partial charge in [0.1, 0.15) is 0 Å². The molecule has 2 nitrogen and oxygen atoms in total. The average Bonchev–Trinajstić information content (AvgIpc) is 2.46. The van der Waals surface area contributed by atoms with E-state index in [1.54, 1.807) is 0 Å². The van der Waals surface area contributed by atoms with Gasteiger partial charge in [0.2, 0.25) is 0 Å². The predicted octanol–water partition coefficient (Wildman–Crippen LogP) is 2.59. The first kappa shape index (κ1) is 12.4. The van der Waals surface area contributed by atoms with Crippen LogP contribution in [0.2, 0.25) is 0 Å². The van der Waals surface area contributed by atoms with Gasteiger partial charge in [0, 0.05) is 25.2 Å². The minimum absolute atomic E-state index is 0.855. The van der Waals surface area contributed by atoms with E-state index >= 15 is 0 Å². The number of piperazine rings is 1. The molecule has 0 radical (unpaired) electrons. The Kier molecular flexibility index (Phi) is 4.26. The van der Waals surface area contributed by atoms with Crippen molar-refractivity contribution in [1.82, 2.24) is 9.80 Å². The molecule has 16 heavy (non-hydrogen) atoms. The summed E-state index contributed by atoms with van der Waals surface area (Å²) < 4.78 is 0. The van der Waals surface area contributed by atoms with Gasteiger partial charge in [-0.25, -0.2) is 0 Å². The van der Waals surface area contributed by atoms with Gasteiger partial charge in [-0.05, 0) is 44.7 Å². The largest absolute Gasteiger partial charge is 0.300 e. The molecule has 0 aliphatic carbocycles. The number of hydrogen-bond donors (Lipinski definition) is 0. The normalized spacial score (nSPS) is 31.5. The van der Waals surface area contributed by atoms with E-state index in [1.807, 2.05) is 0 Å². The van der Waals surface area contributed by atoms with Crippen LogP contribution in [-0.2, 0) is 0 Å². The number of nitrogens with zero attached hydrogens (tertiary/aromatic N) is 2. The molecular formula is C14H28N2. The van der Waals surface area contributed by atoms with E-state index in [2.05, 4.69) is 30.6 Å².